The molecule has 1 heterocycles. The molecule has 9 heteroatoms. The topological polar surface area (TPSA) is 69.7 Å². The van der Waals surface area contributed by atoms with Gasteiger partial charge in [-0.3, -0.25) is 9.69 Å². The number of carbonyl (C=O) groups excluding carboxylic acids is 1. The van der Waals surface area contributed by atoms with E-state index in [2.05, 4.69) is 12.2 Å². The van der Waals surface area contributed by atoms with Crippen molar-refractivity contribution in [3.05, 3.63) is 28.2 Å². The molecular weight excluding hydrogens is 421 g/mol. The summed E-state index contributed by atoms with van der Waals surface area (Å²) in [4.78, 5) is 14.4. The second kappa shape index (κ2) is 9.30. The number of benzene rings is 1. The van der Waals surface area contributed by atoms with E-state index in [1.54, 1.807) is 6.07 Å². The first kappa shape index (κ1) is 21.8. The van der Waals surface area contributed by atoms with Crippen LogP contribution in [0.5, 0.6) is 0 Å². The Morgan fingerprint density at radius 2 is 1.82 bits per heavy atom. The zero-order valence-corrected chi connectivity index (χ0v) is 18.4. The number of rotatable bonds is 5. The predicted molar refractivity (Wildman–Crippen MR) is 111 cm³/mol. The van der Waals surface area contributed by atoms with E-state index in [1.807, 2.05) is 4.90 Å². The molecule has 1 amide bonds. The third-order valence-corrected chi connectivity index (χ3v) is 8.28. The van der Waals surface area contributed by atoms with Crippen LogP contribution >= 0.6 is 23.2 Å². The van der Waals surface area contributed by atoms with Gasteiger partial charge in [-0.25, -0.2) is 8.42 Å². The Bertz CT molecular complexity index is 811. The van der Waals surface area contributed by atoms with Gasteiger partial charge in [0.1, 0.15) is 4.90 Å². The molecule has 0 unspecified atom stereocenters. The van der Waals surface area contributed by atoms with E-state index in [0.717, 1.165) is 19.3 Å². The van der Waals surface area contributed by atoms with Crippen molar-refractivity contribution in [1.82, 2.24) is 14.5 Å². The lowest BCUT2D eigenvalue weighted by molar-refractivity contribution is -0.123. The van der Waals surface area contributed by atoms with Crippen molar-refractivity contribution in [2.75, 3.05) is 32.7 Å². The molecule has 1 aromatic rings. The summed E-state index contributed by atoms with van der Waals surface area (Å²) in [5.41, 5.74) is 0. The smallest absolute Gasteiger partial charge is 0.244 e. The minimum absolute atomic E-state index is 0.0212. The van der Waals surface area contributed by atoms with Crippen LogP contribution in [0.2, 0.25) is 10.0 Å². The molecule has 1 aliphatic carbocycles. The van der Waals surface area contributed by atoms with Crippen molar-refractivity contribution < 1.29 is 13.2 Å². The van der Waals surface area contributed by atoms with Crippen LogP contribution < -0.4 is 5.32 Å². The molecule has 2 atom stereocenters. The van der Waals surface area contributed by atoms with Crippen molar-refractivity contribution in [3.8, 4) is 0 Å². The van der Waals surface area contributed by atoms with Crippen LogP contribution in [0, 0.1) is 5.92 Å². The van der Waals surface area contributed by atoms with E-state index in [0.29, 0.717) is 43.7 Å². The summed E-state index contributed by atoms with van der Waals surface area (Å²) in [6.07, 6.45) is 4.60. The summed E-state index contributed by atoms with van der Waals surface area (Å²) in [6.45, 7) is 4.14. The van der Waals surface area contributed by atoms with E-state index in [1.165, 1.54) is 22.9 Å². The van der Waals surface area contributed by atoms with Crippen molar-refractivity contribution in [1.29, 1.82) is 0 Å². The van der Waals surface area contributed by atoms with Crippen LogP contribution in [0.4, 0.5) is 0 Å². The molecule has 0 radical (unpaired) electrons. The Morgan fingerprint density at radius 1 is 1.14 bits per heavy atom. The summed E-state index contributed by atoms with van der Waals surface area (Å²) in [7, 11) is -3.71. The molecule has 156 valence electrons. The molecular formula is C19H27Cl2N3O3S. The summed E-state index contributed by atoms with van der Waals surface area (Å²) in [5, 5.41) is 3.64. The van der Waals surface area contributed by atoms with Crippen LogP contribution in [-0.2, 0) is 14.8 Å². The molecule has 2 aliphatic rings. The fourth-order valence-electron chi connectivity index (χ4n) is 3.93. The minimum Gasteiger partial charge on any atom is -0.352 e. The molecule has 0 bridgehead atoms. The van der Waals surface area contributed by atoms with E-state index in [4.69, 9.17) is 23.2 Å². The van der Waals surface area contributed by atoms with E-state index in [-0.39, 0.29) is 21.9 Å². The largest absolute Gasteiger partial charge is 0.352 e. The molecule has 6 nitrogen and oxygen atoms in total. The number of halogens is 2. The molecule has 1 aromatic carbocycles. The number of piperazine rings is 1. The van der Waals surface area contributed by atoms with Gasteiger partial charge in [-0.1, -0.05) is 43.0 Å². The highest BCUT2D eigenvalue weighted by atomic mass is 35.5. The number of nitrogens with one attached hydrogen (secondary N) is 1. The molecule has 0 aromatic heterocycles. The number of hydrogen-bond acceptors (Lipinski definition) is 4. The highest BCUT2D eigenvalue weighted by Gasteiger charge is 2.31. The van der Waals surface area contributed by atoms with Gasteiger partial charge in [0.05, 0.1) is 11.6 Å². The number of nitrogens with zero attached hydrogens (tertiary/aromatic N) is 2. The lowest BCUT2D eigenvalue weighted by atomic mass is 9.86. The van der Waals surface area contributed by atoms with Gasteiger partial charge in [-0.05, 0) is 37.0 Å². The number of sulfonamides is 1. The average molecular weight is 448 g/mol. The fourth-order valence-corrected chi connectivity index (χ4v) is 6.09. The lowest BCUT2D eigenvalue weighted by Gasteiger charge is -2.35. The van der Waals surface area contributed by atoms with Crippen LogP contribution in [0.1, 0.15) is 32.6 Å². The average Bonchev–Trinajstić information content (AvgIpc) is 2.66. The van der Waals surface area contributed by atoms with Crippen molar-refractivity contribution >= 4 is 39.1 Å². The van der Waals surface area contributed by atoms with Crippen molar-refractivity contribution in [2.24, 2.45) is 5.92 Å². The Morgan fingerprint density at radius 3 is 2.50 bits per heavy atom. The molecule has 2 fully saturated rings. The SMILES string of the molecule is C[C@@H]1CCCC[C@H]1NC(=O)CN1CCN(S(=O)(=O)c2cc(Cl)ccc2Cl)CC1. The zero-order chi connectivity index (χ0) is 20.3. The molecule has 1 saturated carbocycles. The van der Waals surface area contributed by atoms with Gasteiger partial charge < -0.3 is 5.32 Å². The van der Waals surface area contributed by atoms with E-state index >= 15 is 0 Å². The number of hydrogen-bond donors (Lipinski definition) is 1. The highest BCUT2D eigenvalue weighted by Crippen LogP contribution is 2.28. The first-order chi connectivity index (χ1) is 13.3. The van der Waals surface area contributed by atoms with Gasteiger partial charge in [-0.15, -0.1) is 0 Å². The second-order valence-corrected chi connectivity index (χ2v) is 10.4. The van der Waals surface area contributed by atoms with E-state index in [9.17, 15) is 13.2 Å². The third-order valence-electron chi connectivity index (χ3n) is 5.67. The fraction of sp³-hybridized carbons (Fsp3) is 0.632. The summed E-state index contributed by atoms with van der Waals surface area (Å²) in [5.74, 6) is 0.537. The zero-order valence-electron chi connectivity index (χ0n) is 16.0. The Labute approximate surface area is 177 Å². The standard InChI is InChI=1S/C19H27Cl2N3O3S/c1-14-4-2-3-5-17(14)22-19(25)13-23-8-10-24(11-9-23)28(26,27)18-12-15(20)6-7-16(18)21/h6-7,12,14,17H,2-5,8-11,13H2,1H3,(H,22,25)/t14-,17-/m1/s1. The molecule has 28 heavy (non-hydrogen) atoms. The van der Waals surface area contributed by atoms with Crippen molar-refractivity contribution in [3.63, 3.8) is 0 Å². The summed E-state index contributed by atoms with van der Waals surface area (Å²) >= 11 is 12.0. The molecule has 1 saturated heterocycles. The van der Waals surface area contributed by atoms with Gasteiger partial charge in [-0.2, -0.15) is 4.31 Å². The molecule has 1 N–H and O–H groups in total. The van der Waals surface area contributed by atoms with Gasteiger partial charge in [0.25, 0.3) is 0 Å². The van der Waals surface area contributed by atoms with Gasteiger partial charge in [0.15, 0.2) is 0 Å². The van der Waals surface area contributed by atoms with Crippen LogP contribution in [0.25, 0.3) is 0 Å². The van der Waals surface area contributed by atoms with Gasteiger partial charge in [0, 0.05) is 37.2 Å². The third kappa shape index (κ3) is 5.19. The molecule has 0 spiro atoms. The van der Waals surface area contributed by atoms with E-state index < -0.39 is 10.0 Å². The Kier molecular flexibility index (Phi) is 7.26. The maximum atomic E-state index is 12.9. The molecule has 1 aliphatic heterocycles. The van der Waals surface area contributed by atoms with Gasteiger partial charge in [0.2, 0.25) is 15.9 Å². The van der Waals surface area contributed by atoms with Crippen molar-refractivity contribution in [2.45, 2.75) is 43.5 Å². The first-order valence-corrected chi connectivity index (χ1v) is 11.9. The first-order valence-electron chi connectivity index (χ1n) is 9.74. The number of carbonyl (C=O) groups is 1. The Balaban J connectivity index is 1.54. The Hall–Kier alpha value is -0.860. The highest BCUT2D eigenvalue weighted by molar-refractivity contribution is 7.89. The van der Waals surface area contributed by atoms with Crippen LogP contribution in [-0.4, -0.2) is 62.3 Å². The number of amides is 1. The predicted octanol–water partition coefficient (Wildman–Crippen LogP) is 2.99. The maximum Gasteiger partial charge on any atom is 0.244 e. The van der Waals surface area contributed by atoms with Crippen LogP contribution in [0.15, 0.2) is 23.1 Å². The summed E-state index contributed by atoms with van der Waals surface area (Å²) < 4.78 is 27.2. The quantitative estimate of drug-likeness (QED) is 0.752. The maximum absolute atomic E-state index is 12.9. The monoisotopic (exact) mass is 447 g/mol. The lowest BCUT2D eigenvalue weighted by Crippen LogP contribution is -2.52. The molecule has 3 rings (SSSR count). The second-order valence-electron chi connectivity index (χ2n) is 7.69. The minimum atomic E-state index is -3.71. The summed E-state index contributed by atoms with van der Waals surface area (Å²) in [6, 6.07) is 4.69. The van der Waals surface area contributed by atoms with Gasteiger partial charge >= 0.3 is 0 Å². The van der Waals surface area contributed by atoms with Crippen LogP contribution in [0.3, 0.4) is 0 Å². The normalized spacial score (nSPS) is 24.8.